The number of ether oxygens (including phenoxy) is 1. The maximum absolute atomic E-state index is 13.1. The molecule has 0 aliphatic heterocycles. The summed E-state index contributed by atoms with van der Waals surface area (Å²) in [4.78, 5) is 7.01. The van der Waals surface area contributed by atoms with E-state index in [9.17, 15) is 8.42 Å². The summed E-state index contributed by atoms with van der Waals surface area (Å²) in [5.74, 6) is 0.666. The van der Waals surface area contributed by atoms with Crippen LogP contribution in [0.5, 0.6) is 5.75 Å². The summed E-state index contributed by atoms with van der Waals surface area (Å²) in [5, 5.41) is 3.44. The predicted octanol–water partition coefficient (Wildman–Crippen LogP) is 3.02. The number of hydrogen-bond donors (Lipinski definition) is 1. The number of hydrogen-bond acceptors (Lipinski definition) is 6. The van der Waals surface area contributed by atoms with Crippen LogP contribution >= 0.6 is 0 Å². The molecule has 0 atom stereocenters. The smallest absolute Gasteiger partial charge is 0.243 e. The number of fused-ring (bicyclic) bond motifs is 1. The molecule has 0 amide bonds. The average molecular weight is 488 g/mol. The Bertz CT molecular complexity index is 1200. The molecular weight excluding hydrogens is 450 g/mol. The third-order valence-electron chi connectivity index (χ3n) is 5.97. The molecule has 0 bridgehead atoms. The first-order chi connectivity index (χ1) is 16.1. The average Bonchev–Trinajstić information content (AvgIpc) is 3.18. The largest absolute Gasteiger partial charge is 0.497 e. The monoisotopic (exact) mass is 487 g/mol. The van der Waals surface area contributed by atoms with E-state index in [1.165, 1.54) is 9.87 Å². The van der Waals surface area contributed by atoms with E-state index in [1.54, 1.807) is 40.1 Å². The van der Waals surface area contributed by atoms with Gasteiger partial charge in [-0.3, -0.25) is 0 Å². The number of benzene rings is 2. The molecule has 0 spiro atoms. The second-order valence-corrected chi connectivity index (χ2v) is 11.0. The summed E-state index contributed by atoms with van der Waals surface area (Å²) in [7, 11) is 3.79. The molecule has 0 saturated carbocycles. The van der Waals surface area contributed by atoms with Crippen LogP contribution in [-0.2, 0) is 23.1 Å². The lowest BCUT2D eigenvalue weighted by Gasteiger charge is -2.20. The first-order valence-corrected chi connectivity index (χ1v) is 13.0. The van der Waals surface area contributed by atoms with Crippen LogP contribution in [-0.4, -0.2) is 75.1 Å². The molecule has 1 N–H and O–H groups in total. The minimum atomic E-state index is -3.56. The number of nitrogens with zero attached hydrogens (tertiary/aromatic N) is 4. The summed E-state index contributed by atoms with van der Waals surface area (Å²) in [5.41, 5.74) is 4.71. The molecule has 0 saturated heterocycles. The van der Waals surface area contributed by atoms with E-state index in [2.05, 4.69) is 52.1 Å². The molecule has 0 unspecified atom stereocenters. The Morgan fingerprint density at radius 1 is 1.06 bits per heavy atom. The van der Waals surface area contributed by atoms with Crippen LogP contribution in [0.1, 0.15) is 23.1 Å². The van der Waals surface area contributed by atoms with Gasteiger partial charge < -0.3 is 19.5 Å². The van der Waals surface area contributed by atoms with Crippen molar-refractivity contribution in [3.63, 3.8) is 0 Å². The van der Waals surface area contributed by atoms with Crippen molar-refractivity contribution in [1.82, 2.24) is 24.1 Å². The van der Waals surface area contributed by atoms with Gasteiger partial charge >= 0.3 is 0 Å². The predicted molar refractivity (Wildman–Crippen MR) is 137 cm³/mol. The Kier molecular flexibility index (Phi) is 8.70. The van der Waals surface area contributed by atoms with Crippen molar-refractivity contribution in [2.75, 3.05) is 47.9 Å². The van der Waals surface area contributed by atoms with Crippen molar-refractivity contribution in [1.29, 1.82) is 0 Å². The number of rotatable bonds is 12. The van der Waals surface area contributed by atoms with Crippen LogP contribution < -0.4 is 10.1 Å². The Morgan fingerprint density at radius 3 is 2.41 bits per heavy atom. The molecule has 1 heterocycles. The summed E-state index contributed by atoms with van der Waals surface area (Å²) in [6.07, 6.45) is 2.61. The van der Waals surface area contributed by atoms with E-state index in [4.69, 9.17) is 4.74 Å². The molecule has 0 fully saturated rings. The Hall–Kier alpha value is -2.46. The van der Waals surface area contributed by atoms with E-state index in [0.29, 0.717) is 34.7 Å². The van der Waals surface area contributed by atoms with Gasteiger partial charge in [0, 0.05) is 33.2 Å². The molecule has 8 nitrogen and oxygen atoms in total. The molecule has 3 aromatic rings. The minimum Gasteiger partial charge on any atom is -0.497 e. The first-order valence-electron chi connectivity index (χ1n) is 11.5. The van der Waals surface area contributed by atoms with E-state index >= 15 is 0 Å². The van der Waals surface area contributed by atoms with Crippen LogP contribution in [0, 0.1) is 13.8 Å². The van der Waals surface area contributed by atoms with Gasteiger partial charge in [-0.1, -0.05) is 6.07 Å². The van der Waals surface area contributed by atoms with E-state index in [1.807, 2.05) is 6.33 Å². The van der Waals surface area contributed by atoms with Crippen molar-refractivity contribution in [3.05, 3.63) is 53.3 Å². The molecule has 34 heavy (non-hydrogen) atoms. The number of aromatic nitrogens is 2. The molecule has 9 heteroatoms. The number of likely N-dealkylation sites (N-methyl/N-ethyl adjacent to an activating group) is 1. The summed E-state index contributed by atoms with van der Waals surface area (Å²) >= 11 is 0. The van der Waals surface area contributed by atoms with Crippen LogP contribution in [0.3, 0.4) is 0 Å². The van der Waals surface area contributed by atoms with Crippen LogP contribution in [0.15, 0.2) is 41.6 Å². The molecule has 0 aliphatic carbocycles. The number of sulfonamides is 1. The lowest BCUT2D eigenvalue weighted by molar-refractivity contribution is 0.386. The van der Waals surface area contributed by atoms with Gasteiger partial charge in [0.2, 0.25) is 10.0 Å². The highest BCUT2D eigenvalue weighted by Crippen LogP contribution is 2.27. The van der Waals surface area contributed by atoms with Gasteiger partial charge in [0.25, 0.3) is 0 Å². The van der Waals surface area contributed by atoms with Gasteiger partial charge in [-0.25, -0.2) is 17.7 Å². The van der Waals surface area contributed by atoms with Gasteiger partial charge in [0.05, 0.1) is 29.4 Å². The molecule has 1 aromatic heterocycles. The Morgan fingerprint density at radius 2 is 1.76 bits per heavy atom. The van der Waals surface area contributed by atoms with Crippen molar-refractivity contribution < 1.29 is 13.2 Å². The fraction of sp³-hybridized carbons (Fsp3) is 0.480. The van der Waals surface area contributed by atoms with E-state index in [-0.39, 0.29) is 0 Å². The highest BCUT2D eigenvalue weighted by molar-refractivity contribution is 7.89. The zero-order chi connectivity index (χ0) is 24.9. The highest BCUT2D eigenvalue weighted by atomic mass is 32.2. The van der Waals surface area contributed by atoms with E-state index in [0.717, 1.165) is 37.2 Å². The number of imidazole rings is 1. The van der Waals surface area contributed by atoms with Crippen molar-refractivity contribution in [2.24, 2.45) is 0 Å². The van der Waals surface area contributed by atoms with Crippen LogP contribution in [0.2, 0.25) is 0 Å². The maximum atomic E-state index is 13.1. The fourth-order valence-electron chi connectivity index (χ4n) is 4.07. The molecule has 0 aliphatic rings. The van der Waals surface area contributed by atoms with Crippen LogP contribution in [0.25, 0.3) is 11.0 Å². The van der Waals surface area contributed by atoms with Crippen molar-refractivity contribution >= 4 is 21.1 Å². The third kappa shape index (κ3) is 6.15. The van der Waals surface area contributed by atoms with Crippen molar-refractivity contribution in [3.8, 4) is 5.75 Å². The number of nitrogens with one attached hydrogen (secondary N) is 1. The summed E-state index contributed by atoms with van der Waals surface area (Å²) < 4.78 is 35.2. The molecule has 186 valence electrons. The molecule has 2 aromatic carbocycles. The third-order valence-corrected chi connectivity index (χ3v) is 8.13. The first kappa shape index (κ1) is 26.2. The quantitative estimate of drug-likeness (QED) is 0.396. The molecule has 0 radical (unpaired) electrons. The normalized spacial score (nSPS) is 12.2. The number of aryl methyl sites for hydroxylation is 2. The van der Waals surface area contributed by atoms with Gasteiger partial charge in [-0.2, -0.15) is 0 Å². The zero-order valence-electron chi connectivity index (χ0n) is 21.1. The van der Waals surface area contributed by atoms with Gasteiger partial charge in [-0.15, -0.1) is 0 Å². The zero-order valence-corrected chi connectivity index (χ0v) is 21.9. The lowest BCUT2D eigenvalue weighted by Crippen LogP contribution is -2.31. The van der Waals surface area contributed by atoms with Gasteiger partial charge in [0.15, 0.2) is 0 Å². The maximum Gasteiger partial charge on any atom is 0.243 e. The lowest BCUT2D eigenvalue weighted by atomic mass is 10.1. The fourth-order valence-corrected chi connectivity index (χ4v) is 5.68. The second-order valence-electron chi connectivity index (χ2n) is 9.01. The molecule has 3 rings (SSSR count). The van der Waals surface area contributed by atoms with Crippen molar-refractivity contribution in [2.45, 2.75) is 38.3 Å². The highest BCUT2D eigenvalue weighted by Gasteiger charge is 2.25. The second kappa shape index (κ2) is 11.3. The summed E-state index contributed by atoms with van der Waals surface area (Å²) in [6.45, 7) is 7.35. The molecular formula is C25H37N5O3S. The summed E-state index contributed by atoms with van der Waals surface area (Å²) in [6, 6.07) is 9.84. The van der Waals surface area contributed by atoms with Gasteiger partial charge in [-0.05, 0) is 81.9 Å². The van der Waals surface area contributed by atoms with Gasteiger partial charge in [0.1, 0.15) is 5.75 Å². The number of methoxy groups -OCH3 is 1. The minimum absolute atomic E-state index is 0.364. The topological polar surface area (TPSA) is 79.7 Å². The standard InChI is InChI=1S/C25H37N5O3S/c1-19-14-22(33-6)15-20(2)25(19)34(31,32)29(5)11-7-10-26-17-21-8-9-23-24(16-21)30(18-27-23)13-12-28(3)4/h8-9,14-16,18,26H,7,10-13,17H2,1-6H3. The van der Waals surface area contributed by atoms with Crippen LogP contribution in [0.4, 0.5) is 0 Å². The Balaban J connectivity index is 1.53. The van der Waals surface area contributed by atoms with E-state index < -0.39 is 10.0 Å². The Labute approximate surface area is 203 Å². The SMILES string of the molecule is COc1cc(C)c(S(=O)(=O)N(C)CCCNCc2ccc3ncn(CCN(C)C)c3c2)c(C)c1.